The number of hydrogen-bond acceptors (Lipinski definition) is 3. The summed E-state index contributed by atoms with van der Waals surface area (Å²) < 4.78 is 13.1. The summed E-state index contributed by atoms with van der Waals surface area (Å²) in [6.45, 7) is 5.63. The van der Waals surface area contributed by atoms with Crippen molar-refractivity contribution in [3.05, 3.63) is 71.0 Å². The molecule has 4 rings (SSSR count). The van der Waals surface area contributed by atoms with Gasteiger partial charge in [0.05, 0.1) is 5.60 Å². The van der Waals surface area contributed by atoms with Gasteiger partial charge < -0.3 is 14.9 Å². The lowest BCUT2D eigenvalue weighted by Crippen LogP contribution is -2.44. The molecule has 0 aromatic heterocycles. The minimum Gasteiger partial charge on any atom is -0.384 e. The lowest BCUT2D eigenvalue weighted by molar-refractivity contribution is 0.00403. The van der Waals surface area contributed by atoms with Crippen LogP contribution < -0.4 is 0 Å². The molecule has 2 aliphatic rings. The van der Waals surface area contributed by atoms with Crippen molar-refractivity contribution in [3.8, 4) is 0 Å². The maximum absolute atomic E-state index is 13.1. The van der Waals surface area contributed by atoms with Crippen LogP contribution in [0.15, 0.2) is 48.5 Å². The molecule has 1 atom stereocenters. The Morgan fingerprint density at radius 3 is 2.46 bits per heavy atom. The van der Waals surface area contributed by atoms with Crippen molar-refractivity contribution in [1.29, 1.82) is 0 Å². The molecule has 0 radical (unpaired) electrons. The Balaban J connectivity index is 1.29. The minimum atomic E-state index is -1.01. The first kappa shape index (κ1) is 19.1. The Kier molecular flexibility index (Phi) is 5.21. The quantitative estimate of drug-likeness (QED) is 0.862. The van der Waals surface area contributed by atoms with Crippen molar-refractivity contribution in [2.75, 3.05) is 26.2 Å². The predicted molar refractivity (Wildman–Crippen MR) is 106 cm³/mol. The second-order valence-electron chi connectivity index (χ2n) is 8.34. The molecule has 0 saturated carbocycles. The van der Waals surface area contributed by atoms with Gasteiger partial charge in [0.2, 0.25) is 0 Å². The van der Waals surface area contributed by atoms with Crippen LogP contribution in [-0.4, -0.2) is 47.0 Å². The second-order valence-corrected chi connectivity index (χ2v) is 8.34. The summed E-state index contributed by atoms with van der Waals surface area (Å²) in [5.41, 5.74) is 1.69. The van der Waals surface area contributed by atoms with Crippen molar-refractivity contribution in [2.24, 2.45) is 5.92 Å². The minimum absolute atomic E-state index is 0.150. The number of benzene rings is 2. The van der Waals surface area contributed by atoms with Crippen molar-refractivity contribution in [2.45, 2.75) is 31.9 Å². The molecule has 2 aromatic rings. The molecule has 5 heteroatoms. The lowest BCUT2D eigenvalue weighted by atomic mass is 9.92. The number of rotatable bonds is 5. The number of β-amino-alcohol motifs (C(OH)–C–C–N with tert-alkyl or cyclic N) is 1. The summed E-state index contributed by atoms with van der Waals surface area (Å²) in [4.78, 5) is 16.8. The van der Waals surface area contributed by atoms with Crippen molar-refractivity contribution in [1.82, 2.24) is 9.80 Å². The van der Waals surface area contributed by atoms with Crippen LogP contribution in [0.25, 0.3) is 0 Å². The van der Waals surface area contributed by atoms with E-state index in [1.54, 1.807) is 19.1 Å². The smallest absolute Gasteiger partial charge is 0.254 e. The highest BCUT2D eigenvalue weighted by Gasteiger charge is 2.32. The molecule has 1 fully saturated rings. The molecule has 0 bridgehead atoms. The number of aliphatic hydroxyl groups is 1. The number of hydrogen-bond donors (Lipinski definition) is 1. The molecule has 1 saturated heterocycles. The number of nitrogens with zero attached hydrogens (tertiary/aromatic N) is 2. The van der Waals surface area contributed by atoms with E-state index in [1.807, 2.05) is 29.2 Å². The largest absolute Gasteiger partial charge is 0.384 e. The number of halogens is 1. The summed E-state index contributed by atoms with van der Waals surface area (Å²) in [6, 6.07) is 13.9. The van der Waals surface area contributed by atoms with E-state index >= 15 is 0 Å². The van der Waals surface area contributed by atoms with Crippen LogP contribution in [-0.2, 0) is 12.1 Å². The van der Waals surface area contributed by atoms with E-state index in [9.17, 15) is 14.3 Å². The molecule has 1 amide bonds. The van der Waals surface area contributed by atoms with Gasteiger partial charge in [-0.1, -0.05) is 30.3 Å². The van der Waals surface area contributed by atoms with Gasteiger partial charge in [0, 0.05) is 25.2 Å². The zero-order chi connectivity index (χ0) is 19.7. The van der Waals surface area contributed by atoms with E-state index in [0.29, 0.717) is 19.0 Å². The van der Waals surface area contributed by atoms with E-state index in [-0.39, 0.29) is 11.7 Å². The number of amides is 1. The normalized spacial score (nSPS) is 20.2. The highest BCUT2D eigenvalue weighted by molar-refractivity contribution is 5.98. The Hall–Kier alpha value is -2.24. The van der Waals surface area contributed by atoms with E-state index < -0.39 is 5.60 Å². The van der Waals surface area contributed by atoms with E-state index in [4.69, 9.17) is 0 Å². The summed E-state index contributed by atoms with van der Waals surface area (Å²) >= 11 is 0. The first-order valence-corrected chi connectivity index (χ1v) is 10.0. The fraction of sp³-hybridized carbons (Fsp3) is 0.435. The maximum atomic E-state index is 13.1. The van der Waals surface area contributed by atoms with E-state index in [1.165, 1.54) is 12.1 Å². The molecule has 0 spiro atoms. The van der Waals surface area contributed by atoms with Crippen LogP contribution in [0.5, 0.6) is 0 Å². The van der Waals surface area contributed by atoms with Crippen LogP contribution in [0.2, 0.25) is 0 Å². The fourth-order valence-corrected chi connectivity index (χ4v) is 4.44. The average molecular weight is 382 g/mol. The number of carbonyl (C=O) groups is 1. The Labute approximate surface area is 165 Å². The molecule has 28 heavy (non-hydrogen) atoms. The lowest BCUT2D eigenvalue weighted by Gasteiger charge is -2.37. The third-order valence-electron chi connectivity index (χ3n) is 6.08. The monoisotopic (exact) mass is 382 g/mol. The van der Waals surface area contributed by atoms with Gasteiger partial charge in [-0.15, -0.1) is 0 Å². The van der Waals surface area contributed by atoms with Crippen LogP contribution in [0.4, 0.5) is 4.39 Å². The fourth-order valence-electron chi connectivity index (χ4n) is 4.44. The Bertz CT molecular complexity index is 842. The van der Waals surface area contributed by atoms with Crippen LogP contribution >= 0.6 is 0 Å². The van der Waals surface area contributed by atoms with Crippen molar-refractivity contribution in [3.63, 3.8) is 0 Å². The SMILES string of the molecule is CC(O)(CN1CCC(CN2Cc3ccccc3C2=O)CC1)c1ccc(F)cc1. The standard InChI is InChI=1S/C23H27FN2O2/c1-23(28,19-6-8-20(24)9-7-19)16-25-12-10-17(11-13-25)14-26-15-18-4-2-3-5-21(18)22(26)27/h2-9,17,28H,10-16H2,1H3. The van der Waals surface area contributed by atoms with Gasteiger partial charge in [0.1, 0.15) is 5.82 Å². The molecular formula is C23H27FN2O2. The van der Waals surface area contributed by atoms with Gasteiger partial charge in [-0.3, -0.25) is 4.79 Å². The van der Waals surface area contributed by atoms with Crippen molar-refractivity contribution < 1.29 is 14.3 Å². The summed E-state index contributed by atoms with van der Waals surface area (Å²) in [7, 11) is 0. The Morgan fingerprint density at radius 1 is 1.11 bits per heavy atom. The topological polar surface area (TPSA) is 43.8 Å². The molecule has 2 aliphatic heterocycles. The predicted octanol–water partition coefficient (Wildman–Crippen LogP) is 3.40. The van der Waals surface area contributed by atoms with Gasteiger partial charge in [0.25, 0.3) is 5.91 Å². The van der Waals surface area contributed by atoms with Gasteiger partial charge in [-0.05, 0) is 68.1 Å². The number of likely N-dealkylation sites (tertiary alicyclic amines) is 1. The highest BCUT2D eigenvalue weighted by Crippen LogP contribution is 2.28. The second kappa shape index (κ2) is 7.64. The summed E-state index contributed by atoms with van der Waals surface area (Å²) in [5.74, 6) is 0.349. The number of fused-ring (bicyclic) bond motifs is 1. The molecule has 0 aliphatic carbocycles. The van der Waals surface area contributed by atoms with E-state index in [2.05, 4.69) is 4.90 Å². The first-order valence-electron chi connectivity index (χ1n) is 10.0. The van der Waals surface area contributed by atoms with E-state index in [0.717, 1.165) is 49.2 Å². The van der Waals surface area contributed by atoms with Gasteiger partial charge in [-0.25, -0.2) is 4.39 Å². The molecule has 1 unspecified atom stereocenters. The van der Waals surface area contributed by atoms with Crippen LogP contribution in [0, 0.1) is 11.7 Å². The van der Waals surface area contributed by atoms with Crippen molar-refractivity contribution >= 4 is 5.91 Å². The van der Waals surface area contributed by atoms with Crippen LogP contribution in [0.3, 0.4) is 0 Å². The molecule has 4 nitrogen and oxygen atoms in total. The maximum Gasteiger partial charge on any atom is 0.254 e. The molecule has 148 valence electrons. The van der Waals surface area contributed by atoms with Gasteiger partial charge in [0.15, 0.2) is 0 Å². The molecule has 2 aromatic carbocycles. The summed E-state index contributed by atoms with van der Waals surface area (Å²) in [6.07, 6.45) is 2.03. The Morgan fingerprint density at radius 2 is 1.79 bits per heavy atom. The molecule has 1 N–H and O–H groups in total. The zero-order valence-corrected chi connectivity index (χ0v) is 16.3. The van der Waals surface area contributed by atoms with Crippen LogP contribution in [0.1, 0.15) is 41.3 Å². The third-order valence-corrected chi connectivity index (χ3v) is 6.08. The van der Waals surface area contributed by atoms with Gasteiger partial charge >= 0.3 is 0 Å². The first-order chi connectivity index (χ1) is 13.4. The third kappa shape index (κ3) is 3.96. The highest BCUT2D eigenvalue weighted by atomic mass is 19.1. The average Bonchev–Trinajstić information content (AvgIpc) is 2.99. The number of piperidine rings is 1. The molecular weight excluding hydrogens is 355 g/mol. The van der Waals surface area contributed by atoms with Gasteiger partial charge in [-0.2, -0.15) is 0 Å². The summed E-state index contributed by atoms with van der Waals surface area (Å²) in [5, 5.41) is 10.8. The number of carbonyl (C=O) groups excluding carboxylic acids is 1. The molecule has 2 heterocycles. The zero-order valence-electron chi connectivity index (χ0n) is 16.3.